The summed E-state index contributed by atoms with van der Waals surface area (Å²) in [6.45, 7) is 7.07. The Bertz CT molecular complexity index is 909. The number of aromatic hydroxyl groups is 2. The number of rotatable bonds is 8. The van der Waals surface area contributed by atoms with Crippen LogP contribution in [0.4, 0.5) is 0 Å². The molecule has 2 aromatic rings. The van der Waals surface area contributed by atoms with Crippen LogP contribution < -0.4 is 5.32 Å². The number of hydrogen-bond donors (Lipinski definition) is 4. The summed E-state index contributed by atoms with van der Waals surface area (Å²) in [6, 6.07) is 11.5. The number of carbonyl (C=O) groups is 2. The third-order valence-electron chi connectivity index (χ3n) is 5.07. The molecule has 7 nitrogen and oxygen atoms in total. The molecular weight excluding hydrogens is 384 g/mol. The van der Waals surface area contributed by atoms with E-state index in [2.05, 4.69) is 5.32 Å². The first-order valence-corrected chi connectivity index (χ1v) is 9.81. The van der Waals surface area contributed by atoms with Crippen molar-refractivity contribution < 1.29 is 24.9 Å². The van der Waals surface area contributed by atoms with Gasteiger partial charge in [0.2, 0.25) is 0 Å². The lowest BCUT2D eigenvalue weighted by atomic mass is 9.97. The van der Waals surface area contributed by atoms with Crippen LogP contribution in [0.15, 0.2) is 42.5 Å². The van der Waals surface area contributed by atoms with Gasteiger partial charge in [0.1, 0.15) is 17.0 Å². The first-order valence-electron chi connectivity index (χ1n) is 9.81. The number of nitrogens with zero attached hydrogens (tertiary/aromatic N) is 1. The van der Waals surface area contributed by atoms with E-state index in [1.54, 1.807) is 20.9 Å². The molecule has 0 radical (unpaired) electrons. The van der Waals surface area contributed by atoms with Gasteiger partial charge in [0.25, 0.3) is 5.91 Å². The molecule has 0 bridgehead atoms. The Balaban J connectivity index is 2.33. The average Bonchev–Trinajstić information content (AvgIpc) is 2.67. The van der Waals surface area contributed by atoms with Gasteiger partial charge in [0.15, 0.2) is 0 Å². The largest absolute Gasteiger partial charge is 0.508 e. The van der Waals surface area contributed by atoms with Crippen LogP contribution in [0, 0.1) is 0 Å². The topological polar surface area (TPSA) is 110 Å². The number of amides is 1. The first kappa shape index (κ1) is 23.2. The summed E-state index contributed by atoms with van der Waals surface area (Å²) in [5, 5.41) is 32.9. The van der Waals surface area contributed by atoms with Gasteiger partial charge >= 0.3 is 5.97 Å². The van der Waals surface area contributed by atoms with E-state index < -0.39 is 23.5 Å². The minimum atomic E-state index is -1.21. The second-order valence-electron chi connectivity index (χ2n) is 8.31. The average molecular weight is 415 g/mol. The SMILES string of the molecule is CC(C)c1cc(C(=O)N(C)CC(NC(C)(C)C(=O)O)c2ccccc2)c(O)cc1O. The smallest absolute Gasteiger partial charge is 0.323 e. The third kappa shape index (κ3) is 5.30. The molecule has 0 aliphatic heterocycles. The van der Waals surface area contributed by atoms with Crippen molar-refractivity contribution in [2.45, 2.75) is 45.2 Å². The minimum absolute atomic E-state index is 0.0300. The number of carbonyl (C=O) groups excluding carboxylic acids is 1. The second kappa shape index (κ2) is 9.17. The van der Waals surface area contributed by atoms with E-state index >= 15 is 0 Å². The Morgan fingerprint density at radius 2 is 1.67 bits per heavy atom. The van der Waals surface area contributed by atoms with Crippen molar-refractivity contribution in [2.24, 2.45) is 0 Å². The molecule has 0 aliphatic carbocycles. The molecule has 2 aromatic carbocycles. The number of likely N-dealkylation sites (N-methyl/N-ethyl adjacent to an activating group) is 1. The van der Waals surface area contributed by atoms with Gasteiger partial charge in [0.05, 0.1) is 11.6 Å². The zero-order valence-corrected chi connectivity index (χ0v) is 18.0. The standard InChI is InChI=1S/C23H30N2O5/c1-14(2)16-11-17(20(27)12-19(16)26)21(28)25(5)13-18(15-9-7-6-8-10-15)24-23(3,4)22(29)30/h6-12,14,18,24,26-27H,13H2,1-5H3,(H,29,30). The Hall–Kier alpha value is -3.06. The van der Waals surface area contributed by atoms with Crippen molar-refractivity contribution in [3.8, 4) is 11.5 Å². The van der Waals surface area contributed by atoms with E-state index in [-0.39, 0.29) is 29.5 Å². The first-order chi connectivity index (χ1) is 13.9. The Morgan fingerprint density at radius 3 is 2.20 bits per heavy atom. The Morgan fingerprint density at radius 1 is 1.07 bits per heavy atom. The monoisotopic (exact) mass is 414 g/mol. The molecule has 2 rings (SSSR count). The lowest BCUT2D eigenvalue weighted by Gasteiger charge is -2.32. The fraction of sp³-hybridized carbons (Fsp3) is 0.391. The molecule has 1 amide bonds. The molecular formula is C23H30N2O5. The zero-order chi connectivity index (χ0) is 22.6. The number of phenolic OH excluding ortho intramolecular Hbond substituents is 2. The van der Waals surface area contributed by atoms with Crippen LogP contribution in [0.2, 0.25) is 0 Å². The molecule has 0 saturated heterocycles. The van der Waals surface area contributed by atoms with Gasteiger partial charge in [-0.3, -0.25) is 14.9 Å². The zero-order valence-electron chi connectivity index (χ0n) is 18.0. The number of nitrogens with one attached hydrogen (secondary N) is 1. The number of aliphatic carboxylic acids is 1. The highest BCUT2D eigenvalue weighted by Crippen LogP contribution is 2.33. The highest BCUT2D eigenvalue weighted by molar-refractivity contribution is 5.97. The predicted molar refractivity (Wildman–Crippen MR) is 115 cm³/mol. The molecule has 162 valence electrons. The number of carboxylic acid groups (broad SMARTS) is 1. The van der Waals surface area contributed by atoms with Gasteiger partial charge in [-0.1, -0.05) is 44.2 Å². The summed E-state index contributed by atoms with van der Waals surface area (Å²) in [5.41, 5.74) is 0.275. The van der Waals surface area contributed by atoms with Gasteiger partial charge in [0, 0.05) is 19.7 Å². The van der Waals surface area contributed by atoms with Crippen LogP contribution in [0.3, 0.4) is 0 Å². The van der Waals surface area contributed by atoms with Crippen molar-refractivity contribution in [3.63, 3.8) is 0 Å². The predicted octanol–water partition coefficient (Wildman–Crippen LogP) is 3.49. The maximum absolute atomic E-state index is 13.1. The number of phenols is 2. The maximum Gasteiger partial charge on any atom is 0.323 e. The van der Waals surface area contributed by atoms with Gasteiger partial charge in [-0.05, 0) is 37.0 Å². The summed E-state index contributed by atoms with van der Waals surface area (Å²) in [6.07, 6.45) is 0. The quantitative estimate of drug-likeness (QED) is 0.526. The molecule has 1 unspecified atom stereocenters. The molecule has 4 N–H and O–H groups in total. The lowest BCUT2D eigenvalue weighted by Crippen LogP contribution is -2.51. The molecule has 0 heterocycles. The molecule has 0 saturated carbocycles. The van der Waals surface area contributed by atoms with Crippen molar-refractivity contribution in [1.82, 2.24) is 10.2 Å². The minimum Gasteiger partial charge on any atom is -0.508 e. The summed E-state index contributed by atoms with van der Waals surface area (Å²) in [7, 11) is 1.59. The number of carboxylic acids is 1. The molecule has 30 heavy (non-hydrogen) atoms. The number of benzene rings is 2. The summed E-state index contributed by atoms with van der Waals surface area (Å²) in [4.78, 5) is 26.1. The van der Waals surface area contributed by atoms with E-state index in [1.165, 1.54) is 17.0 Å². The van der Waals surface area contributed by atoms with Crippen LogP contribution in [0.5, 0.6) is 11.5 Å². The van der Waals surface area contributed by atoms with Gasteiger partial charge in [-0.25, -0.2) is 0 Å². The summed E-state index contributed by atoms with van der Waals surface area (Å²) in [5.74, 6) is -1.82. The van der Waals surface area contributed by atoms with Crippen molar-refractivity contribution in [3.05, 3.63) is 59.2 Å². The summed E-state index contributed by atoms with van der Waals surface area (Å²) >= 11 is 0. The van der Waals surface area contributed by atoms with E-state index in [1.807, 2.05) is 44.2 Å². The van der Waals surface area contributed by atoms with Gasteiger partial charge < -0.3 is 20.2 Å². The van der Waals surface area contributed by atoms with Crippen molar-refractivity contribution in [2.75, 3.05) is 13.6 Å². The highest BCUT2D eigenvalue weighted by Gasteiger charge is 2.32. The highest BCUT2D eigenvalue weighted by atomic mass is 16.4. The van der Waals surface area contributed by atoms with Crippen LogP contribution in [0.1, 0.15) is 61.1 Å². The molecule has 7 heteroatoms. The van der Waals surface area contributed by atoms with E-state index in [0.29, 0.717) is 5.56 Å². The molecule has 0 spiro atoms. The second-order valence-corrected chi connectivity index (χ2v) is 8.31. The van der Waals surface area contributed by atoms with Gasteiger partial charge in [-0.15, -0.1) is 0 Å². The van der Waals surface area contributed by atoms with E-state index in [4.69, 9.17) is 0 Å². The number of hydrogen-bond acceptors (Lipinski definition) is 5. The fourth-order valence-electron chi connectivity index (χ4n) is 3.21. The summed E-state index contributed by atoms with van der Waals surface area (Å²) < 4.78 is 0. The Kier molecular flexibility index (Phi) is 7.10. The maximum atomic E-state index is 13.1. The van der Waals surface area contributed by atoms with Crippen LogP contribution >= 0.6 is 0 Å². The Labute approximate surface area is 177 Å². The fourth-order valence-corrected chi connectivity index (χ4v) is 3.21. The van der Waals surface area contributed by atoms with Crippen LogP contribution in [0.25, 0.3) is 0 Å². The normalized spacial score (nSPS) is 12.6. The van der Waals surface area contributed by atoms with Crippen LogP contribution in [-0.2, 0) is 4.79 Å². The molecule has 0 aromatic heterocycles. The molecule has 0 aliphatic rings. The third-order valence-corrected chi connectivity index (χ3v) is 5.07. The van der Waals surface area contributed by atoms with E-state index in [9.17, 15) is 24.9 Å². The van der Waals surface area contributed by atoms with E-state index in [0.717, 1.165) is 5.56 Å². The molecule has 1 atom stereocenters. The lowest BCUT2D eigenvalue weighted by molar-refractivity contribution is -0.143. The van der Waals surface area contributed by atoms with Crippen LogP contribution in [-0.4, -0.2) is 51.2 Å². The molecule has 0 fully saturated rings. The van der Waals surface area contributed by atoms with Crippen molar-refractivity contribution in [1.29, 1.82) is 0 Å². The van der Waals surface area contributed by atoms with Crippen molar-refractivity contribution >= 4 is 11.9 Å². The van der Waals surface area contributed by atoms with Gasteiger partial charge in [-0.2, -0.15) is 0 Å².